The summed E-state index contributed by atoms with van der Waals surface area (Å²) >= 11 is 0. The molecule has 2 rings (SSSR count). The van der Waals surface area contributed by atoms with Gasteiger partial charge in [-0.2, -0.15) is 0 Å². The van der Waals surface area contributed by atoms with Crippen molar-refractivity contribution < 1.29 is 23.9 Å². The standard InChI is InChI=1S/C27H42N2O5/c1-26(2)16-22(15-24(31)33-5)17-27(3,19-26)20-28-25(32)34-14-10-9-13-23(30)29(4)18-21-11-7-6-8-12-21/h6-8,11-12,22H,9-10,13-20H2,1-5H3,(H,28,32). The van der Waals surface area contributed by atoms with Crippen LogP contribution in [-0.2, 0) is 25.6 Å². The lowest BCUT2D eigenvalue weighted by Gasteiger charge is -2.46. The molecular weight excluding hydrogens is 432 g/mol. The zero-order valence-electron chi connectivity index (χ0n) is 21.5. The van der Waals surface area contributed by atoms with Crippen LogP contribution < -0.4 is 5.32 Å². The summed E-state index contributed by atoms with van der Waals surface area (Å²) in [4.78, 5) is 38.0. The summed E-state index contributed by atoms with van der Waals surface area (Å²) in [5.41, 5.74) is 1.09. The first kappa shape index (κ1) is 27.7. The normalized spacial score (nSPS) is 21.4. The van der Waals surface area contributed by atoms with Gasteiger partial charge in [-0.3, -0.25) is 9.59 Å². The highest BCUT2D eigenvalue weighted by Gasteiger charge is 2.42. The number of alkyl carbamates (subject to hydrolysis) is 1. The smallest absolute Gasteiger partial charge is 0.407 e. The first-order valence-corrected chi connectivity index (χ1v) is 12.3. The number of rotatable bonds is 11. The molecule has 190 valence electrons. The number of carbonyl (C=O) groups excluding carboxylic acids is 3. The second kappa shape index (κ2) is 12.8. The van der Waals surface area contributed by atoms with E-state index in [-0.39, 0.29) is 35.2 Å². The van der Waals surface area contributed by atoms with Crippen LogP contribution in [0.5, 0.6) is 0 Å². The maximum Gasteiger partial charge on any atom is 0.407 e. The van der Waals surface area contributed by atoms with E-state index in [1.165, 1.54) is 7.11 Å². The van der Waals surface area contributed by atoms with Crippen LogP contribution in [0.3, 0.4) is 0 Å². The highest BCUT2D eigenvalue weighted by atomic mass is 16.5. The van der Waals surface area contributed by atoms with Gasteiger partial charge in [-0.15, -0.1) is 0 Å². The van der Waals surface area contributed by atoms with E-state index < -0.39 is 6.09 Å². The lowest BCUT2D eigenvalue weighted by Crippen LogP contribution is -2.44. The Hall–Kier alpha value is -2.57. The lowest BCUT2D eigenvalue weighted by molar-refractivity contribution is -0.142. The summed E-state index contributed by atoms with van der Waals surface area (Å²) in [5, 5.41) is 2.91. The van der Waals surface area contributed by atoms with E-state index in [0.29, 0.717) is 38.8 Å². The van der Waals surface area contributed by atoms with Gasteiger partial charge in [-0.25, -0.2) is 4.79 Å². The van der Waals surface area contributed by atoms with Gasteiger partial charge in [0.15, 0.2) is 0 Å². The first-order valence-electron chi connectivity index (χ1n) is 12.3. The van der Waals surface area contributed by atoms with Crippen molar-refractivity contribution in [1.82, 2.24) is 10.2 Å². The highest BCUT2D eigenvalue weighted by Crippen LogP contribution is 2.49. The van der Waals surface area contributed by atoms with Gasteiger partial charge >= 0.3 is 12.1 Å². The summed E-state index contributed by atoms with van der Waals surface area (Å²) in [6.07, 6.45) is 4.54. The largest absolute Gasteiger partial charge is 0.469 e. The van der Waals surface area contributed by atoms with Crippen molar-refractivity contribution in [3.8, 4) is 0 Å². The van der Waals surface area contributed by atoms with Gasteiger partial charge in [0.1, 0.15) is 0 Å². The van der Waals surface area contributed by atoms with Crippen molar-refractivity contribution in [3.05, 3.63) is 35.9 Å². The number of unbranched alkanes of at least 4 members (excludes halogenated alkanes) is 1. The van der Waals surface area contributed by atoms with E-state index in [2.05, 4.69) is 26.1 Å². The molecule has 1 N–H and O–H groups in total. The van der Waals surface area contributed by atoms with Gasteiger partial charge < -0.3 is 19.7 Å². The molecule has 34 heavy (non-hydrogen) atoms. The van der Waals surface area contributed by atoms with Crippen LogP contribution >= 0.6 is 0 Å². The van der Waals surface area contributed by atoms with Gasteiger partial charge in [0.05, 0.1) is 13.7 Å². The molecule has 0 saturated heterocycles. The predicted octanol–water partition coefficient (Wildman–Crippen LogP) is 4.94. The molecule has 2 amide bonds. The number of hydrogen-bond donors (Lipinski definition) is 1. The average Bonchev–Trinajstić information content (AvgIpc) is 2.76. The van der Waals surface area contributed by atoms with Crippen LogP contribution in [0.15, 0.2) is 30.3 Å². The fourth-order valence-corrected chi connectivity index (χ4v) is 5.46. The van der Waals surface area contributed by atoms with E-state index in [4.69, 9.17) is 9.47 Å². The molecule has 0 spiro atoms. The number of benzene rings is 1. The predicted molar refractivity (Wildman–Crippen MR) is 132 cm³/mol. The fraction of sp³-hybridized carbons (Fsp3) is 0.667. The number of carbonyl (C=O) groups is 3. The topological polar surface area (TPSA) is 84.9 Å². The molecule has 1 aromatic rings. The molecular formula is C27H42N2O5. The third kappa shape index (κ3) is 9.74. The first-order chi connectivity index (χ1) is 16.0. The molecule has 1 aromatic carbocycles. The molecule has 0 bridgehead atoms. The molecule has 2 atom stereocenters. The van der Waals surface area contributed by atoms with Crippen molar-refractivity contribution >= 4 is 18.0 Å². The molecule has 1 aliphatic rings. The summed E-state index contributed by atoms with van der Waals surface area (Å²) in [6.45, 7) is 7.98. The highest BCUT2D eigenvalue weighted by molar-refractivity contribution is 5.75. The van der Waals surface area contributed by atoms with Crippen LogP contribution in [0.2, 0.25) is 0 Å². The summed E-state index contributed by atoms with van der Waals surface area (Å²) in [7, 11) is 3.23. The van der Waals surface area contributed by atoms with Crippen LogP contribution in [-0.4, -0.2) is 50.2 Å². The summed E-state index contributed by atoms with van der Waals surface area (Å²) < 4.78 is 10.2. The van der Waals surface area contributed by atoms with Crippen LogP contribution in [0.1, 0.15) is 71.3 Å². The van der Waals surface area contributed by atoms with Crippen molar-refractivity contribution in [2.45, 2.75) is 72.3 Å². The Morgan fingerprint density at radius 1 is 1.09 bits per heavy atom. The molecule has 7 heteroatoms. The molecule has 0 heterocycles. The van der Waals surface area contributed by atoms with Gasteiger partial charge in [-0.1, -0.05) is 51.1 Å². The third-order valence-electron chi connectivity index (χ3n) is 6.58. The Kier molecular flexibility index (Phi) is 10.4. The van der Waals surface area contributed by atoms with Crippen molar-refractivity contribution in [3.63, 3.8) is 0 Å². The van der Waals surface area contributed by atoms with Gasteiger partial charge in [0.25, 0.3) is 0 Å². The molecule has 7 nitrogen and oxygen atoms in total. The van der Waals surface area contributed by atoms with Gasteiger partial charge in [0, 0.05) is 33.0 Å². The zero-order valence-corrected chi connectivity index (χ0v) is 21.5. The van der Waals surface area contributed by atoms with Crippen molar-refractivity contribution in [2.24, 2.45) is 16.7 Å². The van der Waals surface area contributed by atoms with Crippen LogP contribution in [0, 0.1) is 16.7 Å². The lowest BCUT2D eigenvalue weighted by atomic mass is 9.60. The minimum Gasteiger partial charge on any atom is -0.469 e. The SMILES string of the molecule is COC(=O)CC1CC(C)(C)CC(C)(CNC(=O)OCCCCC(=O)N(C)Cc2ccccc2)C1. The van der Waals surface area contributed by atoms with E-state index in [1.807, 2.05) is 37.4 Å². The third-order valence-corrected chi connectivity index (χ3v) is 6.58. The number of nitrogens with one attached hydrogen (secondary N) is 1. The van der Waals surface area contributed by atoms with E-state index in [1.54, 1.807) is 4.90 Å². The average molecular weight is 475 g/mol. The Balaban J connectivity index is 1.65. The molecule has 2 unspecified atom stereocenters. The number of esters is 1. The zero-order chi connectivity index (χ0) is 25.2. The molecule has 1 fully saturated rings. The van der Waals surface area contributed by atoms with Crippen molar-refractivity contribution in [2.75, 3.05) is 27.3 Å². The van der Waals surface area contributed by atoms with Crippen LogP contribution in [0.4, 0.5) is 4.79 Å². The molecule has 1 saturated carbocycles. The van der Waals surface area contributed by atoms with E-state index >= 15 is 0 Å². The maximum atomic E-state index is 12.3. The second-order valence-corrected chi connectivity index (χ2v) is 10.9. The Labute approximate surface area is 204 Å². The fourth-order valence-electron chi connectivity index (χ4n) is 5.46. The Morgan fingerprint density at radius 2 is 1.79 bits per heavy atom. The number of hydrogen-bond acceptors (Lipinski definition) is 5. The molecule has 0 aromatic heterocycles. The number of methoxy groups -OCH3 is 1. The van der Waals surface area contributed by atoms with Crippen LogP contribution in [0.25, 0.3) is 0 Å². The van der Waals surface area contributed by atoms with Gasteiger partial charge in [0.2, 0.25) is 5.91 Å². The number of nitrogens with zero attached hydrogens (tertiary/aromatic N) is 1. The van der Waals surface area contributed by atoms with E-state index in [9.17, 15) is 14.4 Å². The second-order valence-electron chi connectivity index (χ2n) is 10.9. The number of ether oxygens (including phenoxy) is 2. The Morgan fingerprint density at radius 3 is 2.47 bits per heavy atom. The monoisotopic (exact) mass is 474 g/mol. The van der Waals surface area contributed by atoms with Crippen molar-refractivity contribution in [1.29, 1.82) is 0 Å². The maximum absolute atomic E-state index is 12.3. The molecule has 0 radical (unpaired) electrons. The van der Waals surface area contributed by atoms with Gasteiger partial charge in [-0.05, 0) is 54.4 Å². The van der Waals surface area contributed by atoms with E-state index in [0.717, 1.165) is 24.8 Å². The quantitative estimate of drug-likeness (QED) is 0.363. The number of amides is 2. The summed E-state index contributed by atoms with van der Waals surface area (Å²) in [6, 6.07) is 9.90. The summed E-state index contributed by atoms with van der Waals surface area (Å²) in [5.74, 6) is 0.154. The molecule has 1 aliphatic carbocycles. The Bertz CT molecular complexity index is 810. The minimum absolute atomic E-state index is 0.0858. The minimum atomic E-state index is -0.429. The molecule has 0 aliphatic heterocycles.